The number of primary amides is 1. The second-order valence-electron chi connectivity index (χ2n) is 4.71. The Morgan fingerprint density at radius 1 is 0.800 bits per heavy atom. The number of carbonyl (C=O) groups is 1. The minimum Gasteiger partial charge on any atom is -0.370 e. The lowest BCUT2D eigenvalue weighted by Crippen LogP contribution is -2.09. The van der Waals surface area contributed by atoms with Crippen LogP contribution in [0.5, 0.6) is 0 Å². The van der Waals surface area contributed by atoms with Gasteiger partial charge in [0.1, 0.15) is 0 Å². The van der Waals surface area contributed by atoms with Crippen molar-refractivity contribution in [2.45, 2.75) is 58.3 Å². The molecule has 0 aliphatic carbocycles. The molecule has 0 aliphatic rings. The molecular formula is C18H29NO. The van der Waals surface area contributed by atoms with Crippen molar-refractivity contribution in [3.8, 4) is 0 Å². The second kappa shape index (κ2) is 15.5. The zero-order chi connectivity index (χ0) is 14.9. The van der Waals surface area contributed by atoms with Crippen LogP contribution in [0.4, 0.5) is 0 Å². The summed E-state index contributed by atoms with van der Waals surface area (Å²) in [4.78, 5) is 10.5. The average molecular weight is 275 g/mol. The van der Waals surface area contributed by atoms with Gasteiger partial charge in [0.05, 0.1) is 0 Å². The van der Waals surface area contributed by atoms with Gasteiger partial charge in [0.25, 0.3) is 0 Å². The molecule has 1 amide bonds. The van der Waals surface area contributed by atoms with E-state index in [2.05, 4.69) is 55.5 Å². The van der Waals surface area contributed by atoms with E-state index in [-0.39, 0.29) is 5.91 Å². The minimum atomic E-state index is -0.199. The molecule has 112 valence electrons. The molecule has 0 radical (unpaired) electrons. The lowest BCUT2D eigenvalue weighted by molar-refractivity contribution is -0.118. The van der Waals surface area contributed by atoms with Crippen molar-refractivity contribution in [3.63, 3.8) is 0 Å². The Kier molecular flexibility index (Phi) is 14.3. The predicted molar refractivity (Wildman–Crippen MR) is 88.4 cm³/mol. The molecule has 0 aliphatic heterocycles. The summed E-state index contributed by atoms with van der Waals surface area (Å²) in [6.07, 6.45) is 25.1. The highest BCUT2D eigenvalue weighted by molar-refractivity contribution is 5.73. The Bertz CT molecular complexity index is 337. The summed E-state index contributed by atoms with van der Waals surface area (Å²) in [5.74, 6) is -0.199. The van der Waals surface area contributed by atoms with Crippen LogP contribution in [-0.2, 0) is 4.79 Å². The number of nitrogens with two attached hydrogens (primary N) is 1. The van der Waals surface area contributed by atoms with E-state index < -0.39 is 0 Å². The van der Waals surface area contributed by atoms with Crippen molar-refractivity contribution < 1.29 is 4.79 Å². The summed E-state index contributed by atoms with van der Waals surface area (Å²) in [7, 11) is 0. The van der Waals surface area contributed by atoms with Gasteiger partial charge in [0.2, 0.25) is 5.91 Å². The van der Waals surface area contributed by atoms with Crippen LogP contribution < -0.4 is 5.73 Å². The van der Waals surface area contributed by atoms with Crippen LogP contribution in [0.3, 0.4) is 0 Å². The quantitative estimate of drug-likeness (QED) is 0.402. The first-order valence-corrected chi connectivity index (χ1v) is 7.65. The van der Waals surface area contributed by atoms with Gasteiger partial charge in [-0.3, -0.25) is 4.79 Å². The molecule has 0 aromatic rings. The van der Waals surface area contributed by atoms with Crippen molar-refractivity contribution in [2.75, 3.05) is 0 Å². The van der Waals surface area contributed by atoms with Gasteiger partial charge in [-0.2, -0.15) is 0 Å². The molecule has 0 unspecified atom stereocenters. The van der Waals surface area contributed by atoms with Crippen molar-refractivity contribution in [3.05, 3.63) is 48.6 Å². The van der Waals surface area contributed by atoms with Crippen LogP contribution in [0, 0.1) is 0 Å². The Hall–Kier alpha value is -1.57. The molecule has 0 saturated heterocycles. The fraction of sp³-hybridized carbons (Fsp3) is 0.500. The molecule has 0 rings (SSSR count). The summed E-state index contributed by atoms with van der Waals surface area (Å²) >= 11 is 0. The van der Waals surface area contributed by atoms with Gasteiger partial charge in [-0.15, -0.1) is 0 Å². The molecule has 0 aromatic heterocycles. The number of carbonyl (C=O) groups excluding carboxylic acids is 1. The fourth-order valence-corrected chi connectivity index (χ4v) is 1.66. The summed E-state index contributed by atoms with van der Waals surface area (Å²) in [6, 6.07) is 0. The van der Waals surface area contributed by atoms with Gasteiger partial charge in [0, 0.05) is 6.42 Å². The molecule has 0 saturated carbocycles. The number of hydrogen-bond acceptors (Lipinski definition) is 1. The van der Waals surface area contributed by atoms with Crippen LogP contribution in [0.25, 0.3) is 0 Å². The molecule has 0 aromatic carbocycles. The third-order valence-electron chi connectivity index (χ3n) is 2.76. The molecular weight excluding hydrogens is 246 g/mol. The zero-order valence-electron chi connectivity index (χ0n) is 12.8. The Labute approximate surface area is 124 Å². The van der Waals surface area contributed by atoms with E-state index in [4.69, 9.17) is 5.73 Å². The monoisotopic (exact) mass is 275 g/mol. The number of unbranched alkanes of at least 4 members (excludes halogenated alkanes) is 2. The van der Waals surface area contributed by atoms with Crippen LogP contribution in [0.1, 0.15) is 58.3 Å². The van der Waals surface area contributed by atoms with Gasteiger partial charge in [-0.1, -0.05) is 55.5 Å². The third-order valence-corrected chi connectivity index (χ3v) is 2.76. The van der Waals surface area contributed by atoms with Gasteiger partial charge >= 0.3 is 0 Å². The smallest absolute Gasteiger partial charge is 0.217 e. The van der Waals surface area contributed by atoms with Crippen LogP contribution in [-0.4, -0.2) is 5.91 Å². The first kappa shape index (κ1) is 18.4. The van der Waals surface area contributed by atoms with Crippen molar-refractivity contribution in [2.24, 2.45) is 5.73 Å². The van der Waals surface area contributed by atoms with Crippen molar-refractivity contribution in [1.82, 2.24) is 0 Å². The van der Waals surface area contributed by atoms with Crippen LogP contribution in [0.2, 0.25) is 0 Å². The van der Waals surface area contributed by atoms with Gasteiger partial charge in [-0.25, -0.2) is 0 Å². The van der Waals surface area contributed by atoms with Crippen molar-refractivity contribution >= 4 is 5.91 Å². The predicted octanol–water partition coefficient (Wildman–Crippen LogP) is 4.84. The maximum atomic E-state index is 10.5. The summed E-state index contributed by atoms with van der Waals surface area (Å²) < 4.78 is 0. The standard InChI is InChI=1S/C18H29NO/c1-2-3-4-5-6-7-8-9-10-11-12-13-14-15-16-17-18(19)20/h3-4,6-7,9-10,12-13H,2,5,8,11,14-17H2,1H3,(H2,19,20)/b4-3-,7-6-,10-9-,13-12-. The van der Waals surface area contributed by atoms with E-state index in [1.54, 1.807) is 0 Å². The first-order valence-electron chi connectivity index (χ1n) is 7.65. The number of amides is 1. The van der Waals surface area contributed by atoms with E-state index in [1.807, 2.05) is 0 Å². The largest absolute Gasteiger partial charge is 0.370 e. The van der Waals surface area contributed by atoms with Gasteiger partial charge in [0.15, 0.2) is 0 Å². The topological polar surface area (TPSA) is 43.1 Å². The van der Waals surface area contributed by atoms with Gasteiger partial charge in [-0.05, 0) is 44.9 Å². The highest BCUT2D eigenvalue weighted by atomic mass is 16.1. The van der Waals surface area contributed by atoms with E-state index in [0.29, 0.717) is 6.42 Å². The molecule has 2 N–H and O–H groups in total. The normalized spacial score (nSPS) is 12.4. The van der Waals surface area contributed by atoms with E-state index in [0.717, 1.165) is 44.9 Å². The SMILES string of the molecule is CC/C=C\C/C=C\C/C=C\C/C=C\CCCCC(N)=O. The third kappa shape index (κ3) is 16.4. The summed E-state index contributed by atoms with van der Waals surface area (Å²) in [5, 5.41) is 0. The molecule has 2 heteroatoms. The lowest BCUT2D eigenvalue weighted by Gasteiger charge is -1.93. The summed E-state index contributed by atoms with van der Waals surface area (Å²) in [6.45, 7) is 2.15. The maximum absolute atomic E-state index is 10.5. The zero-order valence-corrected chi connectivity index (χ0v) is 12.8. The van der Waals surface area contributed by atoms with Crippen LogP contribution >= 0.6 is 0 Å². The maximum Gasteiger partial charge on any atom is 0.217 e. The first-order chi connectivity index (χ1) is 9.77. The molecule has 2 nitrogen and oxygen atoms in total. The second-order valence-corrected chi connectivity index (χ2v) is 4.71. The average Bonchev–Trinajstić information content (AvgIpc) is 2.43. The minimum absolute atomic E-state index is 0.199. The lowest BCUT2D eigenvalue weighted by atomic mass is 10.1. The van der Waals surface area contributed by atoms with Crippen molar-refractivity contribution in [1.29, 1.82) is 0 Å². The number of rotatable bonds is 12. The molecule has 20 heavy (non-hydrogen) atoms. The van der Waals surface area contributed by atoms with E-state index in [1.165, 1.54) is 0 Å². The highest BCUT2D eigenvalue weighted by Gasteiger charge is 1.91. The Morgan fingerprint density at radius 2 is 1.30 bits per heavy atom. The van der Waals surface area contributed by atoms with E-state index in [9.17, 15) is 4.79 Å². The Balaban J connectivity index is 3.38. The summed E-state index contributed by atoms with van der Waals surface area (Å²) in [5.41, 5.74) is 5.07. The molecule has 0 heterocycles. The Morgan fingerprint density at radius 3 is 1.80 bits per heavy atom. The number of hydrogen-bond donors (Lipinski definition) is 1. The molecule has 0 bridgehead atoms. The van der Waals surface area contributed by atoms with Gasteiger partial charge < -0.3 is 5.73 Å². The highest BCUT2D eigenvalue weighted by Crippen LogP contribution is 2.01. The van der Waals surface area contributed by atoms with Crippen LogP contribution in [0.15, 0.2) is 48.6 Å². The fourth-order valence-electron chi connectivity index (χ4n) is 1.66. The number of allylic oxidation sites excluding steroid dienone is 8. The molecule has 0 fully saturated rings. The van der Waals surface area contributed by atoms with E-state index >= 15 is 0 Å². The molecule has 0 atom stereocenters. The molecule has 0 spiro atoms.